The molecular formula is C13H19NO4S. The third-order valence-corrected chi connectivity index (χ3v) is 4.09. The molecule has 1 heterocycles. The quantitative estimate of drug-likeness (QED) is 0.825. The van der Waals surface area contributed by atoms with E-state index in [1.54, 1.807) is 0 Å². The molecule has 0 saturated carbocycles. The molecule has 2 rings (SSSR count). The third kappa shape index (κ3) is 4.41. The van der Waals surface area contributed by atoms with Gasteiger partial charge in [0.05, 0.1) is 23.1 Å². The van der Waals surface area contributed by atoms with E-state index in [-0.39, 0.29) is 18.1 Å². The monoisotopic (exact) mass is 285 g/mol. The summed E-state index contributed by atoms with van der Waals surface area (Å²) in [5, 5.41) is 6.89. The second kappa shape index (κ2) is 6.79. The molecule has 0 aliphatic carbocycles. The van der Waals surface area contributed by atoms with Gasteiger partial charge >= 0.3 is 0 Å². The predicted octanol–water partition coefficient (Wildman–Crippen LogP) is 1.49. The van der Waals surface area contributed by atoms with Crippen molar-refractivity contribution in [3.05, 3.63) is 29.8 Å². The van der Waals surface area contributed by atoms with Gasteiger partial charge in [-0.05, 0) is 38.5 Å². The van der Waals surface area contributed by atoms with Crippen LogP contribution < -0.4 is 4.72 Å². The van der Waals surface area contributed by atoms with Crippen LogP contribution >= 0.6 is 0 Å². The number of hydrogen-bond donors (Lipinski definition) is 2. The zero-order chi connectivity index (χ0) is 14.5. The Bertz CT molecular complexity index is 462. The van der Waals surface area contributed by atoms with Crippen molar-refractivity contribution in [2.24, 2.45) is 0 Å². The van der Waals surface area contributed by atoms with Crippen molar-refractivity contribution >= 4 is 17.5 Å². The fraction of sp³-hybridized carbons (Fsp3) is 0.462. The van der Waals surface area contributed by atoms with Gasteiger partial charge in [0.15, 0.2) is 0 Å². The average molecular weight is 285 g/mol. The SMILES string of the molecule is Cc1cccc(S(=O)NC2COC2(C)C)c1.O=CO. The Kier molecular flexibility index (Phi) is 5.65. The zero-order valence-electron chi connectivity index (χ0n) is 11.3. The molecule has 0 bridgehead atoms. The minimum atomic E-state index is -1.15. The van der Waals surface area contributed by atoms with Gasteiger partial charge < -0.3 is 9.84 Å². The van der Waals surface area contributed by atoms with Gasteiger partial charge in [0.25, 0.3) is 6.47 Å². The van der Waals surface area contributed by atoms with Crippen LogP contribution in [0.2, 0.25) is 0 Å². The summed E-state index contributed by atoms with van der Waals surface area (Å²) in [6, 6.07) is 7.90. The van der Waals surface area contributed by atoms with Crippen LogP contribution in [0.5, 0.6) is 0 Å². The fourth-order valence-electron chi connectivity index (χ4n) is 1.60. The number of ether oxygens (including phenoxy) is 1. The molecule has 2 atom stereocenters. The minimum Gasteiger partial charge on any atom is -0.483 e. The lowest BCUT2D eigenvalue weighted by molar-refractivity contribution is -0.146. The fourth-order valence-corrected chi connectivity index (χ4v) is 2.85. The van der Waals surface area contributed by atoms with Crippen molar-refractivity contribution in [1.29, 1.82) is 0 Å². The number of hydrogen-bond acceptors (Lipinski definition) is 3. The first-order chi connectivity index (χ1) is 8.90. The number of carboxylic acid groups (broad SMARTS) is 1. The number of carbonyl (C=O) groups is 1. The molecule has 0 spiro atoms. The van der Waals surface area contributed by atoms with Gasteiger partial charge in [0.2, 0.25) is 0 Å². The molecule has 1 aliphatic rings. The Morgan fingerprint density at radius 1 is 1.53 bits per heavy atom. The standard InChI is InChI=1S/C12H17NO2S.CH2O2/c1-9-5-4-6-10(7-9)16(14)13-11-8-15-12(11,2)3;2-1-3/h4-7,11,13H,8H2,1-3H3;1H,(H,2,3). The maximum absolute atomic E-state index is 12.0. The van der Waals surface area contributed by atoms with Gasteiger partial charge in [0.1, 0.15) is 11.0 Å². The predicted molar refractivity (Wildman–Crippen MR) is 73.2 cm³/mol. The second-order valence-electron chi connectivity index (χ2n) is 4.78. The van der Waals surface area contributed by atoms with Gasteiger partial charge in [-0.1, -0.05) is 12.1 Å². The summed E-state index contributed by atoms with van der Waals surface area (Å²) in [5.41, 5.74) is 0.913. The van der Waals surface area contributed by atoms with E-state index in [0.717, 1.165) is 10.5 Å². The third-order valence-electron chi connectivity index (χ3n) is 2.91. The minimum absolute atomic E-state index is 0.161. The molecule has 5 nitrogen and oxygen atoms in total. The highest BCUT2D eigenvalue weighted by Crippen LogP contribution is 2.26. The van der Waals surface area contributed by atoms with Crippen LogP contribution in [0.3, 0.4) is 0 Å². The molecule has 6 heteroatoms. The first-order valence-electron chi connectivity index (χ1n) is 5.87. The number of benzene rings is 1. The highest BCUT2D eigenvalue weighted by Gasteiger charge is 2.40. The van der Waals surface area contributed by atoms with Crippen LogP contribution in [0.25, 0.3) is 0 Å². The Balaban J connectivity index is 0.000000550. The lowest BCUT2D eigenvalue weighted by atomic mass is 9.95. The van der Waals surface area contributed by atoms with Crippen LogP contribution in [0, 0.1) is 6.92 Å². The van der Waals surface area contributed by atoms with Gasteiger partial charge in [-0.25, -0.2) is 8.93 Å². The van der Waals surface area contributed by atoms with E-state index in [0.29, 0.717) is 6.61 Å². The Labute approximate surface area is 115 Å². The molecule has 1 aromatic carbocycles. The van der Waals surface area contributed by atoms with E-state index < -0.39 is 11.0 Å². The molecule has 19 heavy (non-hydrogen) atoms. The molecule has 1 fully saturated rings. The van der Waals surface area contributed by atoms with E-state index in [4.69, 9.17) is 14.6 Å². The maximum Gasteiger partial charge on any atom is 0.290 e. The molecule has 0 radical (unpaired) electrons. The number of aryl methyl sites for hydroxylation is 1. The molecule has 1 aromatic rings. The van der Waals surface area contributed by atoms with Crippen molar-refractivity contribution < 1.29 is 18.8 Å². The molecular weight excluding hydrogens is 266 g/mol. The van der Waals surface area contributed by atoms with Gasteiger partial charge in [-0.15, -0.1) is 0 Å². The van der Waals surface area contributed by atoms with Crippen LogP contribution in [-0.2, 0) is 20.5 Å². The van der Waals surface area contributed by atoms with Crippen molar-refractivity contribution in [1.82, 2.24) is 4.72 Å². The lowest BCUT2D eigenvalue weighted by Gasteiger charge is -2.44. The first kappa shape index (κ1) is 15.8. The molecule has 1 saturated heterocycles. The van der Waals surface area contributed by atoms with E-state index in [1.807, 2.05) is 45.0 Å². The van der Waals surface area contributed by atoms with E-state index in [9.17, 15) is 4.21 Å². The zero-order valence-corrected chi connectivity index (χ0v) is 12.1. The van der Waals surface area contributed by atoms with Crippen molar-refractivity contribution in [3.63, 3.8) is 0 Å². The van der Waals surface area contributed by atoms with Crippen molar-refractivity contribution in [2.45, 2.75) is 37.3 Å². The average Bonchev–Trinajstić information content (AvgIpc) is 2.35. The van der Waals surface area contributed by atoms with E-state index in [1.165, 1.54) is 0 Å². The lowest BCUT2D eigenvalue weighted by Crippen LogP contribution is -2.61. The molecule has 0 amide bonds. The van der Waals surface area contributed by atoms with Crippen molar-refractivity contribution in [2.75, 3.05) is 6.61 Å². The van der Waals surface area contributed by atoms with Crippen LogP contribution in [0.15, 0.2) is 29.2 Å². The highest BCUT2D eigenvalue weighted by atomic mass is 32.2. The Hall–Kier alpha value is -1.24. The van der Waals surface area contributed by atoms with E-state index >= 15 is 0 Å². The van der Waals surface area contributed by atoms with Crippen LogP contribution in [-0.4, -0.2) is 34.0 Å². The Morgan fingerprint density at radius 3 is 2.58 bits per heavy atom. The van der Waals surface area contributed by atoms with Gasteiger partial charge in [-0.3, -0.25) is 4.79 Å². The summed E-state index contributed by atoms with van der Waals surface area (Å²) in [6.45, 7) is 6.38. The van der Waals surface area contributed by atoms with Crippen LogP contribution in [0.1, 0.15) is 19.4 Å². The molecule has 106 valence electrons. The van der Waals surface area contributed by atoms with Gasteiger partial charge in [-0.2, -0.15) is 0 Å². The summed E-state index contributed by atoms with van der Waals surface area (Å²) in [6.07, 6.45) is 0. The van der Waals surface area contributed by atoms with Crippen LogP contribution in [0.4, 0.5) is 0 Å². The molecule has 2 N–H and O–H groups in total. The first-order valence-corrected chi connectivity index (χ1v) is 7.02. The summed E-state index contributed by atoms with van der Waals surface area (Å²) >= 11 is 0. The Morgan fingerprint density at radius 2 is 2.16 bits per heavy atom. The van der Waals surface area contributed by atoms with E-state index in [2.05, 4.69) is 4.72 Å². The summed E-state index contributed by atoms with van der Waals surface area (Å²) in [4.78, 5) is 9.18. The smallest absolute Gasteiger partial charge is 0.290 e. The molecule has 1 aliphatic heterocycles. The van der Waals surface area contributed by atoms with Gasteiger partial charge in [0, 0.05) is 0 Å². The second-order valence-corrected chi connectivity index (χ2v) is 6.02. The largest absolute Gasteiger partial charge is 0.483 e. The summed E-state index contributed by atoms with van der Waals surface area (Å²) in [5.74, 6) is 0. The number of nitrogens with one attached hydrogen (secondary N) is 1. The highest BCUT2D eigenvalue weighted by molar-refractivity contribution is 7.83. The van der Waals surface area contributed by atoms with Crippen molar-refractivity contribution in [3.8, 4) is 0 Å². The normalized spacial score (nSPS) is 21.5. The summed E-state index contributed by atoms with van der Waals surface area (Å²) < 4.78 is 20.5. The summed E-state index contributed by atoms with van der Waals surface area (Å²) in [7, 11) is -1.15. The molecule has 2 unspecified atom stereocenters. The number of rotatable bonds is 3. The maximum atomic E-state index is 12.0. The molecule has 0 aromatic heterocycles. The topological polar surface area (TPSA) is 75.6 Å².